The lowest BCUT2D eigenvalue weighted by Crippen LogP contribution is -2.52. The Labute approximate surface area is 127 Å². The van der Waals surface area contributed by atoms with Gasteiger partial charge in [0.15, 0.2) is 0 Å². The number of hydrogen-bond donors (Lipinski definition) is 1. The van der Waals surface area contributed by atoms with Crippen LogP contribution in [0.3, 0.4) is 0 Å². The van der Waals surface area contributed by atoms with E-state index in [0.29, 0.717) is 6.54 Å². The maximum Gasteiger partial charge on any atom is 0.216 e. The summed E-state index contributed by atoms with van der Waals surface area (Å²) in [5, 5.41) is 2.84. The van der Waals surface area contributed by atoms with Crippen molar-refractivity contribution < 1.29 is 4.79 Å². The highest BCUT2D eigenvalue weighted by Crippen LogP contribution is 2.31. The molecule has 1 aromatic carbocycles. The fourth-order valence-corrected chi connectivity index (χ4v) is 3.58. The Kier molecular flexibility index (Phi) is 4.15. The number of carbonyl (C=O) groups is 1. The van der Waals surface area contributed by atoms with Crippen molar-refractivity contribution >= 4 is 11.6 Å². The van der Waals surface area contributed by atoms with Gasteiger partial charge in [-0.3, -0.25) is 9.69 Å². The van der Waals surface area contributed by atoms with Gasteiger partial charge in [-0.2, -0.15) is 0 Å². The van der Waals surface area contributed by atoms with Gasteiger partial charge in [0.05, 0.1) is 0 Å². The van der Waals surface area contributed by atoms with Crippen molar-refractivity contribution in [3.63, 3.8) is 0 Å². The molecule has 1 amide bonds. The third kappa shape index (κ3) is 3.21. The number of nitrogens with zero attached hydrogens (tertiary/aromatic N) is 2. The number of nitrogens with one attached hydrogen (secondary N) is 1. The van der Waals surface area contributed by atoms with Crippen molar-refractivity contribution in [3.05, 3.63) is 29.8 Å². The van der Waals surface area contributed by atoms with E-state index in [1.165, 1.54) is 24.1 Å². The van der Waals surface area contributed by atoms with E-state index in [9.17, 15) is 4.79 Å². The average Bonchev–Trinajstić information content (AvgIpc) is 2.69. The summed E-state index contributed by atoms with van der Waals surface area (Å²) >= 11 is 0. The van der Waals surface area contributed by atoms with Gasteiger partial charge in [-0.05, 0) is 44.0 Å². The summed E-state index contributed by atoms with van der Waals surface area (Å²) in [4.78, 5) is 15.9. The van der Waals surface area contributed by atoms with E-state index < -0.39 is 0 Å². The van der Waals surface area contributed by atoms with Crippen LogP contribution in [0.4, 0.5) is 5.69 Å². The molecule has 2 atom stereocenters. The summed E-state index contributed by atoms with van der Waals surface area (Å²) in [5.74, 6) is 0.0412. The standard InChI is InChI=1S/C17H25N3O/c1-13(21)18-10-9-14-3-5-15(6-4-14)20-11-16-7-8-17(12-20)19(16)2/h3-6,16-17H,7-12H2,1-2H3,(H,18,21). The first-order chi connectivity index (χ1) is 10.1. The van der Waals surface area contributed by atoms with Crippen molar-refractivity contribution in [2.24, 2.45) is 0 Å². The van der Waals surface area contributed by atoms with E-state index in [1.54, 1.807) is 6.92 Å². The van der Waals surface area contributed by atoms with E-state index in [-0.39, 0.29) is 5.91 Å². The van der Waals surface area contributed by atoms with Crippen LogP contribution in [0, 0.1) is 0 Å². The largest absolute Gasteiger partial charge is 0.368 e. The SMILES string of the molecule is CC(=O)NCCc1ccc(N2CC3CCC(C2)N3C)cc1. The van der Waals surface area contributed by atoms with Crippen LogP contribution in [0.5, 0.6) is 0 Å². The van der Waals surface area contributed by atoms with E-state index in [4.69, 9.17) is 0 Å². The predicted molar refractivity (Wildman–Crippen MR) is 85.6 cm³/mol. The minimum Gasteiger partial charge on any atom is -0.368 e. The first-order valence-electron chi connectivity index (χ1n) is 7.94. The van der Waals surface area contributed by atoms with Crippen molar-refractivity contribution in [3.8, 4) is 0 Å². The summed E-state index contributed by atoms with van der Waals surface area (Å²) < 4.78 is 0. The molecule has 114 valence electrons. The number of hydrogen-bond acceptors (Lipinski definition) is 3. The summed E-state index contributed by atoms with van der Waals surface area (Å²) in [5.41, 5.74) is 2.62. The third-order valence-corrected chi connectivity index (χ3v) is 4.94. The highest BCUT2D eigenvalue weighted by Gasteiger charge is 2.37. The van der Waals surface area contributed by atoms with Crippen LogP contribution in [-0.4, -0.2) is 49.6 Å². The normalized spacial score (nSPS) is 25.1. The average molecular weight is 287 g/mol. The Morgan fingerprint density at radius 2 is 1.81 bits per heavy atom. The zero-order valence-corrected chi connectivity index (χ0v) is 13.0. The molecular formula is C17H25N3O. The molecule has 2 unspecified atom stereocenters. The maximum absolute atomic E-state index is 10.9. The van der Waals surface area contributed by atoms with E-state index >= 15 is 0 Å². The Balaban J connectivity index is 1.58. The Bertz CT molecular complexity index is 485. The molecule has 4 nitrogen and oxygen atoms in total. The Morgan fingerprint density at radius 1 is 1.19 bits per heavy atom. The molecule has 2 heterocycles. The molecule has 0 aliphatic carbocycles. The number of piperazine rings is 1. The van der Waals surface area contributed by atoms with Gasteiger partial charge in [-0.25, -0.2) is 0 Å². The van der Waals surface area contributed by atoms with E-state index in [2.05, 4.69) is 46.4 Å². The molecular weight excluding hydrogens is 262 g/mol. The maximum atomic E-state index is 10.9. The molecule has 0 aromatic heterocycles. The second-order valence-corrected chi connectivity index (χ2v) is 6.35. The number of carbonyl (C=O) groups excluding carboxylic acids is 1. The Morgan fingerprint density at radius 3 is 2.38 bits per heavy atom. The van der Waals surface area contributed by atoms with Gasteiger partial charge in [0.25, 0.3) is 0 Å². The fraction of sp³-hybridized carbons (Fsp3) is 0.588. The van der Waals surface area contributed by atoms with Crippen LogP contribution < -0.4 is 10.2 Å². The minimum atomic E-state index is 0.0412. The molecule has 2 fully saturated rings. The summed E-state index contributed by atoms with van der Waals surface area (Å²) in [6.45, 7) is 4.58. The molecule has 0 spiro atoms. The molecule has 2 saturated heterocycles. The zero-order valence-electron chi connectivity index (χ0n) is 13.0. The molecule has 0 radical (unpaired) electrons. The lowest BCUT2D eigenvalue weighted by atomic mass is 10.1. The lowest BCUT2D eigenvalue weighted by molar-refractivity contribution is -0.118. The number of anilines is 1. The van der Waals surface area contributed by atoms with Gasteiger partial charge < -0.3 is 10.2 Å². The molecule has 2 aliphatic rings. The van der Waals surface area contributed by atoms with Crippen LogP contribution in [0.2, 0.25) is 0 Å². The van der Waals surface area contributed by atoms with Gasteiger partial charge in [0.1, 0.15) is 0 Å². The van der Waals surface area contributed by atoms with Crippen LogP contribution in [-0.2, 0) is 11.2 Å². The summed E-state index contributed by atoms with van der Waals surface area (Å²) in [6, 6.07) is 10.3. The van der Waals surface area contributed by atoms with Gasteiger partial charge in [-0.15, -0.1) is 0 Å². The summed E-state index contributed by atoms with van der Waals surface area (Å²) in [7, 11) is 2.27. The highest BCUT2D eigenvalue weighted by atomic mass is 16.1. The number of fused-ring (bicyclic) bond motifs is 2. The number of benzene rings is 1. The fourth-order valence-electron chi connectivity index (χ4n) is 3.58. The molecule has 21 heavy (non-hydrogen) atoms. The highest BCUT2D eigenvalue weighted by molar-refractivity contribution is 5.72. The zero-order chi connectivity index (χ0) is 14.8. The van der Waals surface area contributed by atoms with Crippen LogP contribution in [0.15, 0.2) is 24.3 Å². The minimum absolute atomic E-state index is 0.0412. The molecule has 2 aliphatic heterocycles. The lowest BCUT2D eigenvalue weighted by Gasteiger charge is -2.40. The topological polar surface area (TPSA) is 35.6 Å². The second kappa shape index (κ2) is 6.06. The van der Waals surface area contributed by atoms with Gasteiger partial charge in [-0.1, -0.05) is 12.1 Å². The number of rotatable bonds is 4. The third-order valence-electron chi connectivity index (χ3n) is 4.94. The Hall–Kier alpha value is -1.55. The summed E-state index contributed by atoms with van der Waals surface area (Å²) in [6.07, 6.45) is 3.58. The van der Waals surface area contributed by atoms with Gasteiger partial charge in [0.2, 0.25) is 5.91 Å². The van der Waals surface area contributed by atoms with Crippen molar-refractivity contribution in [1.29, 1.82) is 0 Å². The monoisotopic (exact) mass is 287 g/mol. The van der Waals surface area contributed by atoms with Crippen molar-refractivity contribution in [2.45, 2.75) is 38.3 Å². The number of likely N-dealkylation sites (N-methyl/N-ethyl adjacent to an activating group) is 1. The van der Waals surface area contributed by atoms with E-state index in [0.717, 1.165) is 31.6 Å². The molecule has 4 heteroatoms. The predicted octanol–water partition coefficient (Wildman–Crippen LogP) is 1.65. The van der Waals surface area contributed by atoms with Gasteiger partial charge >= 0.3 is 0 Å². The van der Waals surface area contributed by atoms with Crippen molar-refractivity contribution in [2.75, 3.05) is 31.6 Å². The molecule has 0 saturated carbocycles. The van der Waals surface area contributed by atoms with Crippen LogP contribution in [0.25, 0.3) is 0 Å². The molecule has 2 bridgehead atoms. The smallest absolute Gasteiger partial charge is 0.216 e. The number of amides is 1. The van der Waals surface area contributed by atoms with Crippen LogP contribution >= 0.6 is 0 Å². The quantitative estimate of drug-likeness (QED) is 0.914. The van der Waals surface area contributed by atoms with Crippen LogP contribution in [0.1, 0.15) is 25.3 Å². The van der Waals surface area contributed by atoms with Crippen molar-refractivity contribution in [1.82, 2.24) is 10.2 Å². The first-order valence-corrected chi connectivity index (χ1v) is 7.94. The molecule has 1 N–H and O–H groups in total. The molecule has 3 rings (SSSR count). The first kappa shape index (κ1) is 14.4. The van der Waals surface area contributed by atoms with Gasteiger partial charge in [0, 0.05) is 44.3 Å². The van der Waals surface area contributed by atoms with E-state index in [1.807, 2.05) is 0 Å². The second-order valence-electron chi connectivity index (χ2n) is 6.35. The molecule has 1 aromatic rings.